The lowest BCUT2D eigenvalue weighted by Crippen LogP contribution is -2.74. The minimum Gasteiger partial charge on any atom is -0.328 e. The minimum absolute atomic E-state index is 0.226. The van der Waals surface area contributed by atoms with Gasteiger partial charge in [0.05, 0.1) is 0 Å². The van der Waals surface area contributed by atoms with E-state index >= 15 is 0 Å². The summed E-state index contributed by atoms with van der Waals surface area (Å²) >= 11 is 0. The average molecular weight is 203 g/mol. The molecule has 0 aliphatic carbocycles. The van der Waals surface area contributed by atoms with Gasteiger partial charge in [0.1, 0.15) is 8.80 Å². The van der Waals surface area contributed by atoms with E-state index in [0.29, 0.717) is 0 Å². The molecule has 0 saturated heterocycles. The average Bonchev–Trinajstić information content (AvgIpc) is 1.44. The van der Waals surface area contributed by atoms with Crippen molar-refractivity contribution in [2.75, 3.05) is 0 Å². The molecule has 0 aliphatic rings. The predicted molar refractivity (Wildman–Crippen MR) is 61.9 cm³/mol. The number of nitrogens with two attached hydrogens (primary N) is 3. The zero-order valence-corrected chi connectivity index (χ0v) is 11.0. The normalized spacial score (nSPS) is 15.2. The van der Waals surface area contributed by atoms with Crippen molar-refractivity contribution in [3.63, 3.8) is 0 Å². The van der Waals surface area contributed by atoms with E-state index in [2.05, 4.69) is 0 Å². The van der Waals surface area contributed by atoms with Gasteiger partial charge in [-0.15, -0.1) is 0 Å². The van der Waals surface area contributed by atoms with E-state index in [1.54, 1.807) is 0 Å². The van der Waals surface area contributed by atoms with Crippen molar-refractivity contribution >= 4 is 8.80 Å². The summed E-state index contributed by atoms with van der Waals surface area (Å²) in [5.41, 5.74) is 18.5. The molecular weight excluding hydrogens is 178 g/mol. The molecule has 6 N–H and O–H groups in total. The molecule has 80 valence electrons. The topological polar surface area (TPSA) is 78.1 Å². The Kier molecular flexibility index (Phi) is 3.37. The summed E-state index contributed by atoms with van der Waals surface area (Å²) in [6, 6.07) is 0. The van der Waals surface area contributed by atoms with E-state index in [9.17, 15) is 0 Å². The SMILES string of the molecule is CC(C)(N)[SiH](C(C)(C)N)C(C)(C)N. The van der Waals surface area contributed by atoms with Crippen LogP contribution >= 0.6 is 0 Å². The van der Waals surface area contributed by atoms with Crippen LogP contribution in [0.15, 0.2) is 0 Å². The smallest absolute Gasteiger partial charge is 0.102 e. The van der Waals surface area contributed by atoms with Gasteiger partial charge >= 0.3 is 0 Å². The van der Waals surface area contributed by atoms with Crippen molar-refractivity contribution in [2.24, 2.45) is 17.2 Å². The summed E-state index contributed by atoms with van der Waals surface area (Å²) in [5.74, 6) is 0. The first kappa shape index (κ1) is 13.1. The highest BCUT2D eigenvalue weighted by Gasteiger charge is 2.45. The predicted octanol–water partition coefficient (Wildman–Crippen LogP) is 0.0430. The van der Waals surface area contributed by atoms with Crippen LogP contribution < -0.4 is 17.2 Å². The molecule has 4 heteroatoms. The maximum absolute atomic E-state index is 6.15. The minimum atomic E-state index is -1.47. The van der Waals surface area contributed by atoms with Gasteiger partial charge in [-0.3, -0.25) is 0 Å². The van der Waals surface area contributed by atoms with Crippen LogP contribution in [-0.4, -0.2) is 24.3 Å². The Labute approximate surface area is 83.7 Å². The highest BCUT2D eigenvalue weighted by atomic mass is 28.3. The molecule has 0 aromatic heterocycles. The van der Waals surface area contributed by atoms with Crippen LogP contribution in [0.1, 0.15) is 41.5 Å². The van der Waals surface area contributed by atoms with Crippen LogP contribution in [-0.2, 0) is 0 Å². The number of hydrogen-bond acceptors (Lipinski definition) is 3. The van der Waals surface area contributed by atoms with Crippen LogP contribution in [0.25, 0.3) is 0 Å². The van der Waals surface area contributed by atoms with E-state index in [4.69, 9.17) is 17.2 Å². The molecule has 0 aromatic rings. The van der Waals surface area contributed by atoms with Crippen LogP contribution in [0, 0.1) is 0 Å². The Morgan fingerprint density at radius 3 is 0.769 bits per heavy atom. The zero-order chi connectivity index (χ0) is 11.1. The second-order valence-corrected chi connectivity index (χ2v) is 11.2. The molecule has 0 spiro atoms. The van der Waals surface area contributed by atoms with E-state index in [0.717, 1.165) is 0 Å². The second-order valence-electron chi connectivity index (χ2n) is 5.90. The third-order valence-electron chi connectivity index (χ3n) is 2.23. The Bertz CT molecular complexity index is 137. The first-order valence-corrected chi connectivity index (χ1v) is 6.46. The molecule has 0 aliphatic heterocycles. The number of hydrogen-bond donors (Lipinski definition) is 3. The molecule has 0 saturated carbocycles. The van der Waals surface area contributed by atoms with Crippen molar-refractivity contribution in [1.29, 1.82) is 0 Å². The van der Waals surface area contributed by atoms with Gasteiger partial charge in [0.15, 0.2) is 0 Å². The molecule has 0 rings (SSSR count). The van der Waals surface area contributed by atoms with Gasteiger partial charge in [-0.25, -0.2) is 0 Å². The lowest BCUT2D eigenvalue weighted by atomic mass is 10.4. The number of rotatable bonds is 3. The van der Waals surface area contributed by atoms with Crippen molar-refractivity contribution in [3.05, 3.63) is 0 Å². The van der Waals surface area contributed by atoms with E-state index in [1.807, 2.05) is 41.5 Å². The molecule has 0 atom stereocenters. The maximum Gasteiger partial charge on any atom is 0.102 e. The summed E-state index contributed by atoms with van der Waals surface area (Å²) in [4.78, 5) is 0. The Morgan fingerprint density at radius 2 is 0.769 bits per heavy atom. The Balaban J connectivity index is 5.02. The molecule has 0 heterocycles. The van der Waals surface area contributed by atoms with E-state index < -0.39 is 8.80 Å². The lowest BCUT2D eigenvalue weighted by molar-refractivity contribution is 0.550. The third-order valence-corrected chi connectivity index (χ3v) is 6.70. The largest absolute Gasteiger partial charge is 0.328 e. The molecule has 0 aromatic carbocycles. The first-order chi connectivity index (χ1) is 5.37. The maximum atomic E-state index is 6.15. The molecule has 0 bridgehead atoms. The molecule has 0 amide bonds. The summed E-state index contributed by atoms with van der Waals surface area (Å²) in [7, 11) is -1.47. The molecular formula is C9H25N3Si. The van der Waals surface area contributed by atoms with Crippen LogP contribution in [0.5, 0.6) is 0 Å². The first-order valence-electron chi connectivity index (χ1n) is 4.73. The standard InChI is InChI=1S/C9H25N3Si/c1-7(2,10)13(8(3,4)11)9(5,6)12/h13H,10-12H2,1-6H3. The second kappa shape index (κ2) is 3.35. The molecule has 0 radical (unpaired) electrons. The van der Waals surface area contributed by atoms with Crippen LogP contribution in [0.3, 0.4) is 0 Å². The quantitative estimate of drug-likeness (QED) is 0.567. The summed E-state index contributed by atoms with van der Waals surface area (Å²) in [6.07, 6.45) is 0. The zero-order valence-electron chi connectivity index (χ0n) is 9.81. The molecule has 3 nitrogen and oxygen atoms in total. The highest BCUT2D eigenvalue weighted by Crippen LogP contribution is 2.23. The van der Waals surface area contributed by atoms with Gasteiger partial charge in [0, 0.05) is 15.5 Å². The van der Waals surface area contributed by atoms with Gasteiger partial charge in [-0.05, 0) is 0 Å². The van der Waals surface area contributed by atoms with E-state index in [1.165, 1.54) is 0 Å². The van der Waals surface area contributed by atoms with Crippen molar-refractivity contribution in [3.8, 4) is 0 Å². The summed E-state index contributed by atoms with van der Waals surface area (Å²) in [6.45, 7) is 12.2. The highest BCUT2D eigenvalue weighted by molar-refractivity contribution is 6.68. The Hall–Kier alpha value is 0.0969. The molecule has 13 heavy (non-hydrogen) atoms. The van der Waals surface area contributed by atoms with Crippen molar-refractivity contribution < 1.29 is 0 Å². The summed E-state index contributed by atoms with van der Waals surface area (Å²) < 4.78 is 0. The fourth-order valence-electron chi connectivity index (χ4n) is 2.88. The van der Waals surface area contributed by atoms with Gasteiger partial charge in [-0.2, -0.15) is 0 Å². The molecule has 0 fully saturated rings. The molecule has 0 unspecified atom stereocenters. The van der Waals surface area contributed by atoms with Crippen LogP contribution in [0.2, 0.25) is 0 Å². The third kappa shape index (κ3) is 3.77. The van der Waals surface area contributed by atoms with Gasteiger partial charge in [-0.1, -0.05) is 41.5 Å². The van der Waals surface area contributed by atoms with Crippen molar-refractivity contribution in [2.45, 2.75) is 57.0 Å². The monoisotopic (exact) mass is 203 g/mol. The fourth-order valence-corrected chi connectivity index (χ4v) is 8.63. The van der Waals surface area contributed by atoms with Gasteiger partial charge in [0.2, 0.25) is 0 Å². The van der Waals surface area contributed by atoms with Crippen LogP contribution in [0.4, 0.5) is 0 Å². The fraction of sp³-hybridized carbons (Fsp3) is 1.00. The van der Waals surface area contributed by atoms with Gasteiger partial charge in [0.25, 0.3) is 0 Å². The summed E-state index contributed by atoms with van der Waals surface area (Å²) in [5, 5.41) is -0.677. The van der Waals surface area contributed by atoms with Crippen molar-refractivity contribution in [1.82, 2.24) is 0 Å². The lowest BCUT2D eigenvalue weighted by Gasteiger charge is -2.46. The van der Waals surface area contributed by atoms with Gasteiger partial charge < -0.3 is 17.2 Å². The Morgan fingerprint density at radius 1 is 0.615 bits per heavy atom. The van der Waals surface area contributed by atoms with E-state index in [-0.39, 0.29) is 15.5 Å².